The molecular weight excluding hydrogens is 240 g/mol. The molecule has 2 aliphatic rings. The lowest BCUT2D eigenvalue weighted by atomic mass is 9.84. The van der Waals surface area contributed by atoms with Gasteiger partial charge < -0.3 is 5.11 Å². The predicted molar refractivity (Wildman–Crippen MR) is 77.0 cm³/mol. The summed E-state index contributed by atoms with van der Waals surface area (Å²) in [5.74, 6) is 0.776. The molecule has 0 radical (unpaired) electrons. The Kier molecular flexibility index (Phi) is 3.95. The van der Waals surface area contributed by atoms with Gasteiger partial charge in [-0.1, -0.05) is 50.3 Å². The maximum Gasteiger partial charge on any atom is 0.0668 e. The average Bonchev–Trinajstić information content (AvgIpc) is 2.84. The summed E-state index contributed by atoms with van der Waals surface area (Å²) in [5, 5.41) is 10.8. The fourth-order valence-electron chi connectivity index (χ4n) is 3.34. The van der Waals surface area contributed by atoms with Gasteiger partial charge in [-0.25, -0.2) is 0 Å². The largest absolute Gasteiger partial charge is 0.392 e. The molecule has 1 aliphatic heterocycles. The van der Waals surface area contributed by atoms with Gasteiger partial charge in [0.2, 0.25) is 0 Å². The molecule has 0 aromatic heterocycles. The Balaban J connectivity index is 1.56. The van der Waals surface area contributed by atoms with Crippen LogP contribution in [0.15, 0.2) is 29.2 Å². The molecule has 1 fully saturated rings. The first-order valence-electron chi connectivity index (χ1n) is 7.25. The Hall–Kier alpha value is -0.470. The molecule has 0 amide bonds. The fourth-order valence-corrected chi connectivity index (χ4v) is 4.66. The van der Waals surface area contributed by atoms with E-state index >= 15 is 0 Å². The van der Waals surface area contributed by atoms with Crippen LogP contribution in [0.5, 0.6) is 0 Å². The SMILES string of the molecule is OC(CC1CCCCC1)C1Cc2ccccc2S1. The van der Waals surface area contributed by atoms with E-state index in [0.29, 0.717) is 5.25 Å². The van der Waals surface area contributed by atoms with Crippen molar-refractivity contribution in [1.29, 1.82) is 0 Å². The topological polar surface area (TPSA) is 20.2 Å². The van der Waals surface area contributed by atoms with Gasteiger partial charge in [-0.05, 0) is 30.4 Å². The van der Waals surface area contributed by atoms with E-state index in [-0.39, 0.29) is 6.10 Å². The predicted octanol–water partition coefficient (Wildman–Crippen LogP) is 4.03. The van der Waals surface area contributed by atoms with E-state index in [1.54, 1.807) is 0 Å². The van der Waals surface area contributed by atoms with E-state index < -0.39 is 0 Å². The summed E-state index contributed by atoms with van der Waals surface area (Å²) in [6.07, 6.45) is 8.76. The van der Waals surface area contributed by atoms with E-state index in [1.165, 1.54) is 42.6 Å². The van der Waals surface area contributed by atoms with Crippen LogP contribution in [0.4, 0.5) is 0 Å². The monoisotopic (exact) mass is 262 g/mol. The number of aliphatic hydroxyl groups is 1. The molecule has 3 rings (SSSR count). The van der Waals surface area contributed by atoms with Gasteiger partial charge in [0.25, 0.3) is 0 Å². The minimum Gasteiger partial charge on any atom is -0.392 e. The molecular formula is C16H22OS. The second kappa shape index (κ2) is 5.66. The molecule has 1 nitrogen and oxygen atoms in total. The van der Waals surface area contributed by atoms with Crippen LogP contribution in [0.3, 0.4) is 0 Å². The molecule has 0 bridgehead atoms. The second-order valence-electron chi connectivity index (χ2n) is 5.78. The normalized spacial score (nSPS) is 25.9. The molecule has 1 aliphatic carbocycles. The molecule has 2 unspecified atom stereocenters. The lowest BCUT2D eigenvalue weighted by Gasteiger charge is -2.26. The van der Waals surface area contributed by atoms with Gasteiger partial charge in [0.1, 0.15) is 0 Å². The van der Waals surface area contributed by atoms with Crippen molar-refractivity contribution in [2.45, 2.75) is 61.2 Å². The molecule has 1 heterocycles. The highest BCUT2D eigenvalue weighted by Gasteiger charge is 2.30. The minimum atomic E-state index is -0.120. The van der Waals surface area contributed by atoms with Crippen molar-refractivity contribution in [1.82, 2.24) is 0 Å². The number of benzene rings is 1. The first-order chi connectivity index (χ1) is 8.83. The van der Waals surface area contributed by atoms with Crippen molar-refractivity contribution in [2.24, 2.45) is 5.92 Å². The summed E-state index contributed by atoms with van der Waals surface area (Å²) in [6, 6.07) is 8.60. The third-order valence-electron chi connectivity index (χ3n) is 4.40. The summed E-state index contributed by atoms with van der Waals surface area (Å²) in [6.45, 7) is 0. The first kappa shape index (κ1) is 12.6. The number of rotatable bonds is 3. The summed E-state index contributed by atoms with van der Waals surface area (Å²) in [7, 11) is 0. The zero-order valence-electron chi connectivity index (χ0n) is 10.8. The third-order valence-corrected chi connectivity index (χ3v) is 5.84. The van der Waals surface area contributed by atoms with Gasteiger partial charge in [0, 0.05) is 10.1 Å². The van der Waals surface area contributed by atoms with Gasteiger partial charge in [0.05, 0.1) is 6.10 Å². The Morgan fingerprint density at radius 2 is 1.94 bits per heavy atom. The Morgan fingerprint density at radius 3 is 2.72 bits per heavy atom. The zero-order valence-corrected chi connectivity index (χ0v) is 11.7. The molecule has 1 N–H and O–H groups in total. The summed E-state index contributed by atoms with van der Waals surface area (Å²) in [4.78, 5) is 1.38. The minimum absolute atomic E-state index is 0.120. The fraction of sp³-hybridized carbons (Fsp3) is 0.625. The Bertz CT molecular complexity index is 373. The van der Waals surface area contributed by atoms with Gasteiger partial charge in [-0.15, -0.1) is 11.8 Å². The second-order valence-corrected chi connectivity index (χ2v) is 7.06. The summed E-state index contributed by atoms with van der Waals surface area (Å²) >= 11 is 1.88. The molecule has 0 spiro atoms. The smallest absolute Gasteiger partial charge is 0.0668 e. The van der Waals surface area contributed by atoms with Crippen molar-refractivity contribution in [2.75, 3.05) is 0 Å². The summed E-state index contributed by atoms with van der Waals surface area (Å²) < 4.78 is 0. The first-order valence-corrected chi connectivity index (χ1v) is 8.13. The summed E-state index contributed by atoms with van der Waals surface area (Å²) in [5.41, 5.74) is 1.43. The lowest BCUT2D eigenvalue weighted by molar-refractivity contribution is 0.128. The van der Waals surface area contributed by atoms with Crippen LogP contribution in [-0.4, -0.2) is 16.5 Å². The van der Waals surface area contributed by atoms with Crippen LogP contribution in [0.1, 0.15) is 44.1 Å². The lowest BCUT2D eigenvalue weighted by Crippen LogP contribution is -2.26. The Morgan fingerprint density at radius 1 is 1.17 bits per heavy atom. The van der Waals surface area contributed by atoms with E-state index in [4.69, 9.17) is 0 Å². The van der Waals surface area contributed by atoms with Gasteiger partial charge >= 0.3 is 0 Å². The van der Waals surface area contributed by atoms with Crippen molar-refractivity contribution in [3.63, 3.8) is 0 Å². The maximum atomic E-state index is 10.5. The standard InChI is InChI=1S/C16H22OS/c17-14(10-12-6-2-1-3-7-12)16-11-13-8-4-5-9-15(13)18-16/h4-5,8-9,12,14,16-17H,1-3,6-7,10-11H2. The zero-order chi connectivity index (χ0) is 12.4. The van der Waals surface area contributed by atoms with Gasteiger partial charge in [-0.3, -0.25) is 0 Å². The van der Waals surface area contributed by atoms with Crippen LogP contribution in [0.2, 0.25) is 0 Å². The van der Waals surface area contributed by atoms with E-state index in [9.17, 15) is 5.11 Å². The molecule has 0 saturated heterocycles. The van der Waals surface area contributed by atoms with Crippen LogP contribution in [0.25, 0.3) is 0 Å². The molecule has 1 aromatic rings. The number of thioether (sulfide) groups is 1. The van der Waals surface area contributed by atoms with Gasteiger partial charge in [0.15, 0.2) is 0 Å². The molecule has 2 heteroatoms. The molecule has 1 aromatic carbocycles. The maximum absolute atomic E-state index is 10.5. The average molecular weight is 262 g/mol. The highest BCUT2D eigenvalue weighted by Crippen LogP contribution is 2.40. The molecule has 1 saturated carbocycles. The van der Waals surface area contributed by atoms with Crippen LogP contribution in [0, 0.1) is 5.92 Å². The highest BCUT2D eigenvalue weighted by atomic mass is 32.2. The molecule has 18 heavy (non-hydrogen) atoms. The molecule has 98 valence electrons. The quantitative estimate of drug-likeness (QED) is 0.887. The van der Waals surface area contributed by atoms with E-state index in [1.807, 2.05) is 11.8 Å². The Labute approximate surface area is 114 Å². The number of aliphatic hydroxyl groups excluding tert-OH is 1. The van der Waals surface area contributed by atoms with Crippen molar-refractivity contribution >= 4 is 11.8 Å². The number of hydrogen-bond acceptors (Lipinski definition) is 2. The van der Waals surface area contributed by atoms with Crippen molar-refractivity contribution in [3.8, 4) is 0 Å². The molecule has 2 atom stereocenters. The van der Waals surface area contributed by atoms with Crippen LogP contribution < -0.4 is 0 Å². The van der Waals surface area contributed by atoms with Crippen LogP contribution in [-0.2, 0) is 6.42 Å². The van der Waals surface area contributed by atoms with E-state index in [2.05, 4.69) is 24.3 Å². The van der Waals surface area contributed by atoms with Crippen molar-refractivity contribution < 1.29 is 5.11 Å². The van der Waals surface area contributed by atoms with Crippen molar-refractivity contribution in [3.05, 3.63) is 29.8 Å². The number of fused-ring (bicyclic) bond motifs is 1. The number of hydrogen-bond donors (Lipinski definition) is 1. The third kappa shape index (κ3) is 2.75. The van der Waals surface area contributed by atoms with Gasteiger partial charge in [-0.2, -0.15) is 0 Å². The van der Waals surface area contributed by atoms with E-state index in [0.717, 1.165) is 18.8 Å². The highest BCUT2D eigenvalue weighted by molar-refractivity contribution is 8.00. The van der Waals surface area contributed by atoms with Crippen LogP contribution >= 0.6 is 11.8 Å².